The highest BCUT2D eigenvalue weighted by atomic mass is 16.4. The van der Waals surface area contributed by atoms with Crippen LogP contribution in [0.1, 0.15) is 12.0 Å². The Bertz CT molecular complexity index is 464. The maximum absolute atomic E-state index is 10.3. The third kappa shape index (κ3) is 1.71. The van der Waals surface area contributed by atoms with Gasteiger partial charge in [-0.1, -0.05) is 0 Å². The van der Waals surface area contributed by atoms with Gasteiger partial charge in [0.1, 0.15) is 5.52 Å². The second-order valence-corrected chi connectivity index (χ2v) is 2.91. The van der Waals surface area contributed by atoms with Gasteiger partial charge in [0.2, 0.25) is 5.71 Å². The summed E-state index contributed by atoms with van der Waals surface area (Å²) in [5.41, 5.74) is 1.99. The molecule has 0 aliphatic heterocycles. The molecule has 14 heavy (non-hydrogen) atoms. The zero-order chi connectivity index (χ0) is 9.97. The van der Waals surface area contributed by atoms with Gasteiger partial charge in [-0.2, -0.15) is 0 Å². The highest BCUT2D eigenvalue weighted by Crippen LogP contribution is 2.11. The molecule has 0 unspecified atom stereocenters. The second-order valence-electron chi connectivity index (χ2n) is 2.91. The predicted octanol–water partition coefficient (Wildman–Crippen LogP) is 1.24. The van der Waals surface area contributed by atoms with Crippen LogP contribution >= 0.6 is 0 Å². The van der Waals surface area contributed by atoms with Crippen LogP contribution < -0.4 is 0 Å². The molecule has 2 heterocycles. The molecular formula is C9H8N2O3. The summed E-state index contributed by atoms with van der Waals surface area (Å²) in [6.07, 6.45) is 3.49. The molecule has 0 aliphatic carbocycles. The minimum atomic E-state index is -0.815. The van der Waals surface area contributed by atoms with Gasteiger partial charge >= 0.3 is 5.97 Å². The number of aromatic nitrogens is 2. The van der Waals surface area contributed by atoms with E-state index >= 15 is 0 Å². The summed E-state index contributed by atoms with van der Waals surface area (Å²) in [6.45, 7) is 0. The van der Waals surface area contributed by atoms with Crippen molar-refractivity contribution in [2.45, 2.75) is 12.8 Å². The number of oxazole rings is 1. The fraction of sp³-hybridized carbons (Fsp3) is 0.222. The summed E-state index contributed by atoms with van der Waals surface area (Å²) in [6, 6.07) is 1.79. The molecule has 0 fully saturated rings. The molecule has 5 nitrogen and oxygen atoms in total. The largest absolute Gasteiger partial charge is 0.481 e. The topological polar surface area (TPSA) is 76.2 Å². The molecule has 0 spiro atoms. The number of rotatable bonds is 3. The number of aryl methyl sites for hydroxylation is 1. The summed E-state index contributed by atoms with van der Waals surface area (Å²) in [7, 11) is 0. The molecule has 0 bridgehead atoms. The highest BCUT2D eigenvalue weighted by Gasteiger charge is 2.03. The van der Waals surface area contributed by atoms with Crippen molar-refractivity contribution in [2.24, 2.45) is 0 Å². The maximum Gasteiger partial charge on any atom is 0.303 e. The van der Waals surface area contributed by atoms with E-state index in [1.54, 1.807) is 12.3 Å². The van der Waals surface area contributed by atoms with Crippen LogP contribution in [0.5, 0.6) is 0 Å². The van der Waals surface area contributed by atoms with Crippen molar-refractivity contribution in [3.05, 3.63) is 24.2 Å². The van der Waals surface area contributed by atoms with E-state index in [1.807, 2.05) is 0 Å². The minimum Gasteiger partial charge on any atom is -0.481 e. The quantitative estimate of drug-likeness (QED) is 0.791. The van der Waals surface area contributed by atoms with E-state index in [9.17, 15) is 4.79 Å². The Kier molecular flexibility index (Phi) is 2.14. The molecule has 0 atom stereocenters. The smallest absolute Gasteiger partial charge is 0.303 e. The molecule has 0 amide bonds. The molecule has 0 radical (unpaired) electrons. The average Bonchev–Trinajstić information content (AvgIpc) is 2.61. The van der Waals surface area contributed by atoms with Crippen LogP contribution in [0.3, 0.4) is 0 Å². The molecule has 0 aliphatic rings. The van der Waals surface area contributed by atoms with Gasteiger partial charge in [0.05, 0.1) is 0 Å². The Hall–Kier alpha value is -1.91. The number of carboxylic acid groups (broad SMARTS) is 1. The van der Waals surface area contributed by atoms with E-state index < -0.39 is 5.97 Å². The van der Waals surface area contributed by atoms with Gasteiger partial charge in [-0.25, -0.2) is 9.97 Å². The van der Waals surface area contributed by atoms with Gasteiger partial charge < -0.3 is 9.52 Å². The van der Waals surface area contributed by atoms with Gasteiger partial charge in [-0.15, -0.1) is 0 Å². The van der Waals surface area contributed by atoms with Crippen molar-refractivity contribution in [1.29, 1.82) is 0 Å². The van der Waals surface area contributed by atoms with Crippen LogP contribution in [0, 0.1) is 0 Å². The molecule has 2 aromatic rings. The van der Waals surface area contributed by atoms with Gasteiger partial charge in [-0.05, 0) is 18.1 Å². The Morgan fingerprint density at radius 2 is 2.36 bits per heavy atom. The van der Waals surface area contributed by atoms with Gasteiger partial charge in [0, 0.05) is 12.6 Å². The summed E-state index contributed by atoms with van der Waals surface area (Å²) < 4.78 is 4.96. The molecule has 2 rings (SSSR count). The van der Waals surface area contributed by atoms with E-state index in [0.717, 1.165) is 5.56 Å². The summed E-state index contributed by atoms with van der Waals surface area (Å²) >= 11 is 0. The lowest BCUT2D eigenvalue weighted by molar-refractivity contribution is -0.136. The second kappa shape index (κ2) is 3.45. The molecular weight excluding hydrogens is 184 g/mol. The molecule has 72 valence electrons. The van der Waals surface area contributed by atoms with Crippen molar-refractivity contribution in [3.63, 3.8) is 0 Å². The molecule has 1 N–H and O–H groups in total. The highest BCUT2D eigenvalue weighted by molar-refractivity contribution is 5.69. The summed E-state index contributed by atoms with van der Waals surface area (Å²) in [5, 5.41) is 8.49. The van der Waals surface area contributed by atoms with Crippen LogP contribution in [0.15, 0.2) is 23.1 Å². The van der Waals surface area contributed by atoms with Crippen molar-refractivity contribution in [3.8, 4) is 0 Å². The monoisotopic (exact) mass is 192 g/mol. The van der Waals surface area contributed by atoms with E-state index in [2.05, 4.69) is 9.97 Å². The summed E-state index contributed by atoms with van der Waals surface area (Å²) in [4.78, 5) is 18.3. The van der Waals surface area contributed by atoms with Crippen LogP contribution in [-0.2, 0) is 11.2 Å². The van der Waals surface area contributed by atoms with Crippen molar-refractivity contribution < 1.29 is 14.3 Å². The lowest BCUT2D eigenvalue weighted by Gasteiger charge is -1.96. The number of pyridine rings is 1. The number of carboxylic acids is 1. The molecule has 2 aromatic heterocycles. The van der Waals surface area contributed by atoms with E-state index in [0.29, 0.717) is 17.7 Å². The molecule has 0 saturated heterocycles. The van der Waals surface area contributed by atoms with Crippen molar-refractivity contribution >= 4 is 17.2 Å². The summed E-state index contributed by atoms with van der Waals surface area (Å²) in [5.74, 6) is -0.815. The fourth-order valence-electron chi connectivity index (χ4n) is 1.19. The minimum absolute atomic E-state index is 0.102. The zero-order valence-corrected chi connectivity index (χ0v) is 7.30. The lowest BCUT2D eigenvalue weighted by Crippen LogP contribution is -1.97. The number of hydrogen-bond acceptors (Lipinski definition) is 4. The first-order valence-electron chi connectivity index (χ1n) is 4.15. The maximum atomic E-state index is 10.3. The third-order valence-corrected chi connectivity index (χ3v) is 1.87. The Morgan fingerprint density at radius 1 is 1.50 bits per heavy atom. The van der Waals surface area contributed by atoms with Gasteiger partial charge in [0.15, 0.2) is 6.39 Å². The predicted molar refractivity (Wildman–Crippen MR) is 47.8 cm³/mol. The standard InChI is InChI=1S/C9H8N2O3/c12-8(13)2-1-6-3-7-9(10-4-6)14-5-11-7/h3-5H,1-2H2,(H,12,13). The number of aliphatic carboxylic acids is 1. The number of carbonyl (C=O) groups is 1. The fourth-order valence-corrected chi connectivity index (χ4v) is 1.19. The van der Waals surface area contributed by atoms with E-state index in [4.69, 9.17) is 9.52 Å². The first kappa shape index (κ1) is 8.68. The Morgan fingerprint density at radius 3 is 3.14 bits per heavy atom. The lowest BCUT2D eigenvalue weighted by atomic mass is 10.1. The molecule has 5 heteroatoms. The van der Waals surface area contributed by atoms with Crippen LogP contribution in [-0.4, -0.2) is 21.0 Å². The third-order valence-electron chi connectivity index (χ3n) is 1.87. The first-order valence-corrected chi connectivity index (χ1v) is 4.15. The number of nitrogens with zero attached hydrogens (tertiary/aromatic N) is 2. The van der Waals surface area contributed by atoms with Crippen LogP contribution in [0.4, 0.5) is 0 Å². The van der Waals surface area contributed by atoms with Crippen molar-refractivity contribution in [1.82, 2.24) is 9.97 Å². The molecule has 0 saturated carbocycles. The van der Waals surface area contributed by atoms with Crippen molar-refractivity contribution in [2.75, 3.05) is 0 Å². The van der Waals surface area contributed by atoms with Gasteiger partial charge in [0.25, 0.3) is 0 Å². The average molecular weight is 192 g/mol. The number of hydrogen-bond donors (Lipinski definition) is 1. The SMILES string of the molecule is O=C(O)CCc1cnc2ocnc2c1. The number of fused-ring (bicyclic) bond motifs is 1. The van der Waals surface area contributed by atoms with Gasteiger partial charge in [-0.3, -0.25) is 4.79 Å². The first-order chi connectivity index (χ1) is 6.75. The Labute approximate surface area is 79.4 Å². The normalized spacial score (nSPS) is 10.6. The molecule has 0 aromatic carbocycles. The van der Waals surface area contributed by atoms with Crippen LogP contribution in [0.25, 0.3) is 11.2 Å². The Balaban J connectivity index is 2.21. The zero-order valence-electron chi connectivity index (χ0n) is 7.30. The van der Waals surface area contributed by atoms with Crippen LogP contribution in [0.2, 0.25) is 0 Å². The van der Waals surface area contributed by atoms with E-state index in [1.165, 1.54) is 6.39 Å². The van der Waals surface area contributed by atoms with E-state index in [-0.39, 0.29) is 6.42 Å².